The predicted octanol–water partition coefficient (Wildman–Crippen LogP) is 1.48. The van der Waals surface area contributed by atoms with E-state index in [0.29, 0.717) is 25.5 Å². The van der Waals surface area contributed by atoms with Crippen molar-refractivity contribution in [2.45, 2.75) is 38.5 Å². The Hall–Kier alpha value is -0.610. The Balaban J connectivity index is 1.96. The van der Waals surface area contributed by atoms with Gasteiger partial charge in [-0.05, 0) is 38.1 Å². The lowest BCUT2D eigenvalue weighted by atomic mass is 10.0. The molecule has 1 saturated heterocycles. The molecule has 0 radical (unpaired) electrons. The second kappa shape index (κ2) is 8.53. The van der Waals surface area contributed by atoms with Crippen LogP contribution in [0.2, 0.25) is 0 Å². The summed E-state index contributed by atoms with van der Waals surface area (Å²) in [5, 5.41) is 0. The molecular weight excluding hydrogens is 206 g/mol. The number of unbranched alkanes of at least 4 members (excludes halogenated alkanes) is 2. The molecule has 1 fully saturated rings. The van der Waals surface area contributed by atoms with Gasteiger partial charge in [-0.2, -0.15) is 0 Å². The molecule has 0 unspecified atom stereocenters. The van der Waals surface area contributed by atoms with Crippen LogP contribution >= 0.6 is 0 Å². The monoisotopic (exact) mass is 229 g/mol. The minimum Gasteiger partial charge on any atom is -0.465 e. The maximum Gasteiger partial charge on any atom is 0.305 e. The van der Waals surface area contributed by atoms with E-state index < -0.39 is 0 Å². The number of rotatable bonds is 7. The first-order valence-corrected chi connectivity index (χ1v) is 6.26. The Bertz CT molecular complexity index is 191. The molecule has 2 N–H and O–H groups in total. The molecule has 1 heterocycles. The summed E-state index contributed by atoms with van der Waals surface area (Å²) in [4.78, 5) is 11.4. The summed E-state index contributed by atoms with van der Waals surface area (Å²) in [6, 6.07) is 0. The molecular formula is C12H23NO3. The standard InChI is InChI=1S/C12H23NO3/c13-7-3-1-2-4-12(14)16-10-11-5-8-15-9-6-11/h11H,1-10,13H2. The molecule has 0 bridgehead atoms. The number of hydrogen-bond acceptors (Lipinski definition) is 4. The molecule has 1 rings (SSSR count). The van der Waals surface area contributed by atoms with Crippen LogP contribution < -0.4 is 5.73 Å². The van der Waals surface area contributed by atoms with Gasteiger partial charge < -0.3 is 15.2 Å². The molecule has 16 heavy (non-hydrogen) atoms. The minimum atomic E-state index is -0.0662. The van der Waals surface area contributed by atoms with Crippen LogP contribution in [-0.2, 0) is 14.3 Å². The zero-order valence-corrected chi connectivity index (χ0v) is 9.95. The molecule has 0 amide bonds. The number of ether oxygens (including phenoxy) is 2. The molecule has 1 aliphatic rings. The summed E-state index contributed by atoms with van der Waals surface area (Å²) >= 11 is 0. The maximum absolute atomic E-state index is 11.4. The fourth-order valence-corrected chi connectivity index (χ4v) is 1.79. The smallest absolute Gasteiger partial charge is 0.305 e. The van der Waals surface area contributed by atoms with Crippen LogP contribution in [0, 0.1) is 5.92 Å². The van der Waals surface area contributed by atoms with Crippen molar-refractivity contribution in [2.75, 3.05) is 26.4 Å². The second-order valence-electron chi connectivity index (χ2n) is 4.34. The van der Waals surface area contributed by atoms with Crippen molar-refractivity contribution in [3.63, 3.8) is 0 Å². The topological polar surface area (TPSA) is 61.6 Å². The van der Waals surface area contributed by atoms with Gasteiger partial charge in [0.05, 0.1) is 6.61 Å². The Labute approximate surface area is 97.5 Å². The van der Waals surface area contributed by atoms with Crippen molar-refractivity contribution in [1.29, 1.82) is 0 Å². The van der Waals surface area contributed by atoms with Gasteiger partial charge in [0, 0.05) is 19.6 Å². The average Bonchev–Trinajstić information content (AvgIpc) is 2.33. The zero-order chi connectivity index (χ0) is 11.6. The molecule has 0 saturated carbocycles. The minimum absolute atomic E-state index is 0.0662. The molecule has 0 aromatic heterocycles. The van der Waals surface area contributed by atoms with E-state index in [2.05, 4.69) is 0 Å². The highest BCUT2D eigenvalue weighted by Crippen LogP contribution is 2.15. The van der Waals surface area contributed by atoms with Gasteiger partial charge in [0.1, 0.15) is 0 Å². The lowest BCUT2D eigenvalue weighted by Crippen LogP contribution is -2.21. The second-order valence-corrected chi connectivity index (χ2v) is 4.34. The number of hydrogen-bond donors (Lipinski definition) is 1. The number of esters is 1. The maximum atomic E-state index is 11.4. The van der Waals surface area contributed by atoms with Crippen molar-refractivity contribution >= 4 is 5.97 Å². The van der Waals surface area contributed by atoms with E-state index in [1.165, 1.54) is 0 Å². The molecule has 0 aliphatic carbocycles. The first-order valence-electron chi connectivity index (χ1n) is 6.26. The third-order valence-corrected chi connectivity index (χ3v) is 2.91. The summed E-state index contributed by atoms with van der Waals surface area (Å²) in [6.07, 6.45) is 5.46. The quantitative estimate of drug-likeness (QED) is 0.530. The Kier molecular flexibility index (Phi) is 7.17. The molecule has 1 aliphatic heterocycles. The van der Waals surface area contributed by atoms with Gasteiger partial charge in [-0.3, -0.25) is 4.79 Å². The molecule has 0 atom stereocenters. The van der Waals surface area contributed by atoms with Gasteiger partial charge in [-0.25, -0.2) is 0 Å². The van der Waals surface area contributed by atoms with Crippen LogP contribution in [0.1, 0.15) is 38.5 Å². The fourth-order valence-electron chi connectivity index (χ4n) is 1.79. The van der Waals surface area contributed by atoms with Gasteiger partial charge >= 0.3 is 5.97 Å². The highest BCUT2D eigenvalue weighted by atomic mass is 16.5. The summed E-state index contributed by atoms with van der Waals surface area (Å²) in [5.41, 5.74) is 5.37. The van der Waals surface area contributed by atoms with Crippen LogP contribution in [-0.4, -0.2) is 32.3 Å². The van der Waals surface area contributed by atoms with Crippen molar-refractivity contribution in [3.8, 4) is 0 Å². The van der Waals surface area contributed by atoms with Gasteiger partial charge in [-0.15, -0.1) is 0 Å². The number of carbonyl (C=O) groups excluding carboxylic acids is 1. The van der Waals surface area contributed by atoms with Crippen LogP contribution in [0.25, 0.3) is 0 Å². The van der Waals surface area contributed by atoms with E-state index in [0.717, 1.165) is 45.3 Å². The molecule has 94 valence electrons. The van der Waals surface area contributed by atoms with Crippen LogP contribution in [0.5, 0.6) is 0 Å². The molecule has 4 heteroatoms. The van der Waals surface area contributed by atoms with E-state index in [1.54, 1.807) is 0 Å². The van der Waals surface area contributed by atoms with Crippen molar-refractivity contribution in [3.05, 3.63) is 0 Å². The highest BCUT2D eigenvalue weighted by Gasteiger charge is 2.15. The van der Waals surface area contributed by atoms with Crippen molar-refractivity contribution in [2.24, 2.45) is 11.7 Å². The molecule has 4 nitrogen and oxygen atoms in total. The van der Waals surface area contributed by atoms with Crippen molar-refractivity contribution < 1.29 is 14.3 Å². The third-order valence-electron chi connectivity index (χ3n) is 2.91. The lowest BCUT2D eigenvalue weighted by molar-refractivity contribution is -0.146. The van der Waals surface area contributed by atoms with Crippen molar-refractivity contribution in [1.82, 2.24) is 0 Å². The molecule has 0 aromatic carbocycles. The number of nitrogens with two attached hydrogens (primary N) is 1. The Morgan fingerprint density at radius 2 is 2.00 bits per heavy atom. The van der Waals surface area contributed by atoms with Crippen LogP contribution in [0.4, 0.5) is 0 Å². The zero-order valence-electron chi connectivity index (χ0n) is 9.95. The fraction of sp³-hybridized carbons (Fsp3) is 0.917. The normalized spacial score (nSPS) is 17.3. The van der Waals surface area contributed by atoms with Crippen LogP contribution in [0.15, 0.2) is 0 Å². The summed E-state index contributed by atoms with van der Waals surface area (Å²) < 4.78 is 10.5. The van der Waals surface area contributed by atoms with Crippen LogP contribution in [0.3, 0.4) is 0 Å². The van der Waals surface area contributed by atoms with Gasteiger partial charge in [0.2, 0.25) is 0 Å². The Morgan fingerprint density at radius 3 is 2.69 bits per heavy atom. The first-order chi connectivity index (χ1) is 7.83. The number of carbonyl (C=O) groups is 1. The largest absolute Gasteiger partial charge is 0.465 e. The summed E-state index contributed by atoms with van der Waals surface area (Å²) in [5.74, 6) is 0.435. The third kappa shape index (κ3) is 6.08. The highest BCUT2D eigenvalue weighted by molar-refractivity contribution is 5.69. The lowest BCUT2D eigenvalue weighted by Gasteiger charge is -2.21. The predicted molar refractivity (Wildman–Crippen MR) is 62.0 cm³/mol. The van der Waals surface area contributed by atoms with Gasteiger partial charge in [0.25, 0.3) is 0 Å². The van der Waals surface area contributed by atoms with E-state index >= 15 is 0 Å². The average molecular weight is 229 g/mol. The summed E-state index contributed by atoms with van der Waals surface area (Å²) in [6.45, 7) is 2.88. The first kappa shape index (κ1) is 13.5. The SMILES string of the molecule is NCCCCCC(=O)OCC1CCOCC1. The van der Waals surface area contributed by atoms with Gasteiger partial charge in [0.15, 0.2) is 0 Å². The molecule has 0 aromatic rings. The molecule has 0 spiro atoms. The van der Waals surface area contributed by atoms with E-state index in [-0.39, 0.29) is 5.97 Å². The van der Waals surface area contributed by atoms with E-state index in [9.17, 15) is 4.79 Å². The van der Waals surface area contributed by atoms with E-state index in [1.807, 2.05) is 0 Å². The summed E-state index contributed by atoms with van der Waals surface area (Å²) in [7, 11) is 0. The van der Waals surface area contributed by atoms with Gasteiger partial charge in [-0.1, -0.05) is 6.42 Å². The van der Waals surface area contributed by atoms with E-state index in [4.69, 9.17) is 15.2 Å². The Morgan fingerprint density at radius 1 is 1.25 bits per heavy atom.